The predicted molar refractivity (Wildman–Crippen MR) is 117 cm³/mol. The number of carbonyl (C=O) groups excluding carboxylic acids is 2. The Morgan fingerprint density at radius 2 is 1.65 bits per heavy atom. The largest absolute Gasteiger partial charge is 0.481 e. The van der Waals surface area contributed by atoms with Gasteiger partial charge in [0.15, 0.2) is 6.10 Å². The molecule has 1 atom stereocenters. The van der Waals surface area contributed by atoms with E-state index in [4.69, 9.17) is 9.15 Å². The van der Waals surface area contributed by atoms with E-state index >= 15 is 0 Å². The molecule has 0 saturated heterocycles. The second kappa shape index (κ2) is 8.31. The summed E-state index contributed by atoms with van der Waals surface area (Å²) in [5.41, 5.74) is 4.48. The number of rotatable bonds is 4. The van der Waals surface area contributed by atoms with Crippen molar-refractivity contribution in [2.24, 2.45) is 0 Å². The number of nitrogens with one attached hydrogen (secondary N) is 2. The molecule has 0 unspecified atom stereocenters. The van der Waals surface area contributed by atoms with Gasteiger partial charge in [0, 0.05) is 5.39 Å². The van der Waals surface area contributed by atoms with E-state index in [1.54, 1.807) is 44.2 Å². The maximum atomic E-state index is 12.5. The van der Waals surface area contributed by atoms with Crippen molar-refractivity contribution in [3.63, 3.8) is 0 Å². The molecule has 1 heterocycles. The van der Waals surface area contributed by atoms with E-state index in [1.807, 2.05) is 36.4 Å². The van der Waals surface area contributed by atoms with Gasteiger partial charge in [0.2, 0.25) is 0 Å². The molecule has 0 bridgehead atoms. The molecular formula is C24H20N2O5. The third kappa shape index (κ3) is 4.11. The molecule has 0 radical (unpaired) electrons. The van der Waals surface area contributed by atoms with Crippen molar-refractivity contribution in [2.45, 2.75) is 20.0 Å². The Kier molecular flexibility index (Phi) is 5.41. The van der Waals surface area contributed by atoms with Crippen molar-refractivity contribution < 1.29 is 18.7 Å². The Bertz CT molecular complexity index is 1360. The summed E-state index contributed by atoms with van der Waals surface area (Å²) >= 11 is 0. The molecule has 0 saturated carbocycles. The molecule has 0 spiro atoms. The fourth-order valence-corrected chi connectivity index (χ4v) is 3.35. The van der Waals surface area contributed by atoms with Gasteiger partial charge in [-0.15, -0.1) is 0 Å². The Labute approximate surface area is 177 Å². The average molecular weight is 416 g/mol. The molecule has 156 valence electrons. The first-order valence-corrected chi connectivity index (χ1v) is 9.72. The van der Waals surface area contributed by atoms with Gasteiger partial charge in [0.1, 0.15) is 16.9 Å². The average Bonchev–Trinajstić information content (AvgIpc) is 2.77. The minimum atomic E-state index is -0.879. The van der Waals surface area contributed by atoms with E-state index in [0.29, 0.717) is 22.3 Å². The summed E-state index contributed by atoms with van der Waals surface area (Å²) in [5, 5.41) is 2.69. The zero-order chi connectivity index (χ0) is 22.0. The quantitative estimate of drug-likeness (QED) is 0.392. The van der Waals surface area contributed by atoms with Crippen LogP contribution in [-0.4, -0.2) is 17.9 Å². The number of benzene rings is 3. The molecule has 2 amide bonds. The van der Waals surface area contributed by atoms with Crippen LogP contribution in [-0.2, 0) is 4.79 Å². The molecule has 0 aliphatic heterocycles. The molecule has 31 heavy (non-hydrogen) atoms. The summed E-state index contributed by atoms with van der Waals surface area (Å²) in [5.74, 6) is -0.800. The van der Waals surface area contributed by atoms with E-state index in [1.165, 1.54) is 0 Å². The topological polar surface area (TPSA) is 97.6 Å². The Morgan fingerprint density at radius 1 is 0.935 bits per heavy atom. The van der Waals surface area contributed by atoms with Crippen LogP contribution in [0, 0.1) is 6.92 Å². The minimum Gasteiger partial charge on any atom is -0.481 e. The number of carbonyl (C=O) groups is 2. The van der Waals surface area contributed by atoms with Gasteiger partial charge in [-0.25, -0.2) is 4.79 Å². The lowest BCUT2D eigenvalue weighted by Gasteiger charge is -2.16. The van der Waals surface area contributed by atoms with Gasteiger partial charge < -0.3 is 9.15 Å². The summed E-state index contributed by atoms with van der Waals surface area (Å²) in [6.07, 6.45) is -0.879. The van der Waals surface area contributed by atoms with Crippen molar-refractivity contribution in [3.8, 4) is 5.75 Å². The van der Waals surface area contributed by atoms with Crippen molar-refractivity contribution in [1.29, 1.82) is 0 Å². The lowest BCUT2D eigenvalue weighted by atomic mass is 10.1. The van der Waals surface area contributed by atoms with Crippen LogP contribution in [0.3, 0.4) is 0 Å². The van der Waals surface area contributed by atoms with Gasteiger partial charge in [0.05, 0.1) is 0 Å². The van der Waals surface area contributed by atoms with Crippen LogP contribution >= 0.6 is 0 Å². The molecule has 0 aliphatic carbocycles. The molecule has 3 aromatic carbocycles. The first kappa shape index (κ1) is 20.2. The van der Waals surface area contributed by atoms with Crippen LogP contribution in [0.5, 0.6) is 5.75 Å². The highest BCUT2D eigenvalue weighted by atomic mass is 16.5. The molecular weight excluding hydrogens is 396 g/mol. The third-order valence-electron chi connectivity index (χ3n) is 5.00. The SMILES string of the molecule is Cc1c(C(=O)NNC(=O)[C@@H](C)Oc2ccc3ccccc3c2)c(=O)oc2ccccc12. The van der Waals surface area contributed by atoms with Crippen molar-refractivity contribution in [3.05, 3.63) is 88.3 Å². The summed E-state index contributed by atoms with van der Waals surface area (Å²) in [4.78, 5) is 37.2. The number of para-hydroxylation sites is 1. The van der Waals surface area contributed by atoms with Crippen molar-refractivity contribution in [2.75, 3.05) is 0 Å². The molecule has 7 heteroatoms. The van der Waals surface area contributed by atoms with E-state index in [2.05, 4.69) is 10.9 Å². The van der Waals surface area contributed by atoms with E-state index < -0.39 is 23.5 Å². The van der Waals surface area contributed by atoms with E-state index in [0.717, 1.165) is 10.8 Å². The maximum absolute atomic E-state index is 12.5. The van der Waals surface area contributed by atoms with Crippen LogP contribution in [0.15, 0.2) is 75.9 Å². The molecule has 7 nitrogen and oxygen atoms in total. The number of hydrazine groups is 1. The summed E-state index contributed by atoms with van der Waals surface area (Å²) in [7, 11) is 0. The van der Waals surface area contributed by atoms with Gasteiger partial charge in [0.25, 0.3) is 11.8 Å². The smallest absolute Gasteiger partial charge is 0.349 e. The fraction of sp³-hybridized carbons (Fsp3) is 0.125. The van der Waals surface area contributed by atoms with Gasteiger partial charge in [-0.2, -0.15) is 0 Å². The third-order valence-corrected chi connectivity index (χ3v) is 5.00. The molecule has 4 rings (SSSR count). The van der Waals surface area contributed by atoms with Crippen LogP contribution in [0.25, 0.3) is 21.7 Å². The number of hydrogen-bond donors (Lipinski definition) is 2. The fourth-order valence-electron chi connectivity index (χ4n) is 3.35. The van der Waals surface area contributed by atoms with Gasteiger partial charge >= 0.3 is 5.63 Å². The zero-order valence-corrected chi connectivity index (χ0v) is 17.0. The van der Waals surface area contributed by atoms with Crippen molar-refractivity contribution in [1.82, 2.24) is 10.9 Å². The molecule has 1 aromatic heterocycles. The van der Waals surface area contributed by atoms with Crippen LogP contribution in [0.2, 0.25) is 0 Å². The van der Waals surface area contributed by atoms with E-state index in [-0.39, 0.29) is 5.56 Å². The van der Waals surface area contributed by atoms with Crippen LogP contribution in [0.4, 0.5) is 0 Å². The second-order valence-electron chi connectivity index (χ2n) is 7.10. The Hall–Kier alpha value is -4.13. The number of fused-ring (bicyclic) bond motifs is 2. The van der Waals surface area contributed by atoms with E-state index in [9.17, 15) is 14.4 Å². The van der Waals surface area contributed by atoms with Crippen molar-refractivity contribution >= 4 is 33.6 Å². The molecule has 2 N–H and O–H groups in total. The van der Waals surface area contributed by atoms with Gasteiger partial charge in [-0.1, -0.05) is 48.5 Å². The Morgan fingerprint density at radius 3 is 2.45 bits per heavy atom. The highest BCUT2D eigenvalue weighted by Crippen LogP contribution is 2.21. The lowest BCUT2D eigenvalue weighted by molar-refractivity contribution is -0.128. The second-order valence-corrected chi connectivity index (χ2v) is 7.10. The van der Waals surface area contributed by atoms with Crippen LogP contribution in [0.1, 0.15) is 22.8 Å². The highest BCUT2D eigenvalue weighted by Gasteiger charge is 2.21. The normalized spacial score (nSPS) is 11.8. The number of amides is 2. The van der Waals surface area contributed by atoms with Gasteiger partial charge in [-0.05, 0) is 48.4 Å². The maximum Gasteiger partial charge on any atom is 0.349 e. The first-order chi connectivity index (χ1) is 14.9. The predicted octanol–water partition coefficient (Wildman–Crippen LogP) is 3.48. The van der Waals surface area contributed by atoms with Gasteiger partial charge in [-0.3, -0.25) is 20.4 Å². The first-order valence-electron chi connectivity index (χ1n) is 9.72. The molecule has 0 aliphatic rings. The lowest BCUT2D eigenvalue weighted by Crippen LogP contribution is -2.48. The Balaban J connectivity index is 1.43. The number of hydrogen-bond acceptors (Lipinski definition) is 5. The molecule has 0 fully saturated rings. The van der Waals surface area contributed by atoms with Crippen LogP contribution < -0.4 is 21.2 Å². The minimum absolute atomic E-state index is 0.165. The standard InChI is InChI=1S/C24H20N2O5/c1-14-19-9-5-6-10-20(19)31-24(29)21(14)23(28)26-25-22(27)15(2)30-18-12-11-16-7-3-4-8-17(16)13-18/h3-13,15H,1-2H3,(H,25,27)(H,26,28)/t15-/m1/s1. The summed E-state index contributed by atoms with van der Waals surface area (Å²) in [6.45, 7) is 3.22. The molecule has 4 aromatic rings. The zero-order valence-electron chi connectivity index (χ0n) is 17.0. The monoisotopic (exact) mass is 416 g/mol. The highest BCUT2D eigenvalue weighted by molar-refractivity contribution is 6.00. The number of ether oxygens (including phenoxy) is 1. The number of aryl methyl sites for hydroxylation is 1. The summed E-state index contributed by atoms with van der Waals surface area (Å²) < 4.78 is 10.9. The summed E-state index contributed by atoms with van der Waals surface area (Å²) in [6, 6.07) is 20.2.